The molecule has 0 bridgehead atoms. The van der Waals surface area contributed by atoms with Crippen LogP contribution < -0.4 is 9.47 Å². The van der Waals surface area contributed by atoms with E-state index in [2.05, 4.69) is 124 Å². The molecule has 0 unspecified atom stereocenters. The minimum absolute atomic E-state index is 0.566. The van der Waals surface area contributed by atoms with E-state index in [1.54, 1.807) is 9.13 Å². The molecule has 0 spiro atoms. The van der Waals surface area contributed by atoms with Crippen molar-refractivity contribution in [2.75, 3.05) is 18.0 Å². The molecule has 7 rings (SSSR count). The Kier molecular flexibility index (Phi) is 13.8. The molecule has 52 heavy (non-hydrogen) atoms. The number of halogens is 4. The summed E-state index contributed by atoms with van der Waals surface area (Å²) < 4.78 is 6.97. The van der Waals surface area contributed by atoms with E-state index < -0.39 is 13.5 Å². The van der Waals surface area contributed by atoms with Crippen LogP contribution in [0.4, 0.5) is 11.4 Å². The Bertz CT molecular complexity index is 2110. The van der Waals surface area contributed by atoms with Crippen molar-refractivity contribution in [3.63, 3.8) is 0 Å². The molecular formula is C43H46Cl4N4Ru. The molecule has 0 atom stereocenters. The van der Waals surface area contributed by atoms with Gasteiger partial charge in [0, 0.05) is 11.4 Å². The SMILES string of the molecule is CCn1[c-][n+](CC)c(Cl)c1Cl.Cc1cc(C)c(N2[C-]=[N+](c3c(C)cc(C)cc3C)CC2)c(C)c1.[Cl][Ru]([Cl])=[C]1C=C(c2ccccc2)c2ccccc21. The number of hydrogen-bond acceptors (Lipinski definition) is 1. The van der Waals surface area contributed by atoms with Gasteiger partial charge in [0.25, 0.3) is 0 Å². The quantitative estimate of drug-likeness (QED) is 0.0976. The van der Waals surface area contributed by atoms with Crippen LogP contribution in [0.5, 0.6) is 0 Å². The number of aromatic nitrogens is 2. The van der Waals surface area contributed by atoms with Gasteiger partial charge in [0.2, 0.25) is 12.7 Å². The summed E-state index contributed by atoms with van der Waals surface area (Å²) in [7, 11) is 12.4. The van der Waals surface area contributed by atoms with Crippen LogP contribution in [-0.4, -0.2) is 32.7 Å². The minimum atomic E-state index is -1.88. The summed E-state index contributed by atoms with van der Waals surface area (Å²) in [4.78, 5) is 2.28. The van der Waals surface area contributed by atoms with Gasteiger partial charge in [-0.05, 0) is 55.4 Å². The molecular weight excluding hydrogens is 815 g/mol. The van der Waals surface area contributed by atoms with Gasteiger partial charge < -0.3 is 18.6 Å². The molecule has 2 aliphatic rings. The summed E-state index contributed by atoms with van der Waals surface area (Å²) in [5.74, 6) is 0. The third-order valence-electron chi connectivity index (χ3n) is 9.08. The first-order valence-corrected chi connectivity index (χ1v) is 23.5. The van der Waals surface area contributed by atoms with Gasteiger partial charge in [-0.25, -0.2) is 0 Å². The average molecular weight is 862 g/mol. The number of hydrogen-bond donors (Lipinski definition) is 0. The van der Waals surface area contributed by atoms with E-state index in [4.69, 9.17) is 42.6 Å². The fourth-order valence-electron chi connectivity index (χ4n) is 7.01. The Morgan fingerprint density at radius 2 is 1.31 bits per heavy atom. The molecule has 1 aliphatic carbocycles. The first-order valence-electron chi connectivity index (χ1n) is 17.4. The number of anilines is 1. The van der Waals surface area contributed by atoms with E-state index in [1.165, 1.54) is 67.0 Å². The second-order valence-corrected chi connectivity index (χ2v) is 19.6. The molecule has 5 aromatic rings. The van der Waals surface area contributed by atoms with Crippen LogP contribution in [-0.2, 0) is 26.6 Å². The molecule has 0 N–H and O–H groups in total. The molecule has 0 saturated heterocycles. The zero-order valence-corrected chi connectivity index (χ0v) is 35.8. The van der Waals surface area contributed by atoms with E-state index in [0.29, 0.717) is 10.3 Å². The van der Waals surface area contributed by atoms with Gasteiger partial charge in [0.1, 0.15) is 13.1 Å². The predicted octanol–water partition coefficient (Wildman–Crippen LogP) is 11.1. The molecule has 9 heteroatoms. The summed E-state index contributed by atoms with van der Waals surface area (Å²) in [5.41, 5.74) is 15.4. The molecule has 274 valence electrons. The third-order valence-corrected chi connectivity index (χ3v) is 13.1. The van der Waals surface area contributed by atoms with Crippen molar-refractivity contribution in [1.82, 2.24) is 4.57 Å². The second kappa shape index (κ2) is 17.9. The average Bonchev–Trinajstić information content (AvgIpc) is 3.81. The third kappa shape index (κ3) is 9.00. The maximum atomic E-state index is 6.19. The number of imidazole rings is 1. The number of fused-ring (bicyclic) bond motifs is 1. The van der Waals surface area contributed by atoms with Crippen molar-refractivity contribution in [3.05, 3.63) is 152 Å². The molecule has 1 aromatic heterocycles. The Balaban J connectivity index is 0.000000160. The van der Waals surface area contributed by atoms with Gasteiger partial charge in [-0.1, -0.05) is 57.6 Å². The maximum absolute atomic E-state index is 6.19. The Morgan fingerprint density at radius 3 is 1.83 bits per heavy atom. The van der Waals surface area contributed by atoms with Crippen molar-refractivity contribution in [1.29, 1.82) is 0 Å². The molecule has 0 saturated carbocycles. The van der Waals surface area contributed by atoms with Crippen LogP contribution in [0.3, 0.4) is 0 Å². The van der Waals surface area contributed by atoms with Crippen LogP contribution >= 0.6 is 42.6 Å². The van der Waals surface area contributed by atoms with Crippen LogP contribution in [0.15, 0.2) is 84.9 Å². The van der Waals surface area contributed by atoms with E-state index >= 15 is 0 Å². The zero-order valence-electron chi connectivity index (χ0n) is 31.1. The first-order chi connectivity index (χ1) is 24.8. The molecule has 0 amide bonds. The second-order valence-electron chi connectivity index (χ2n) is 13.1. The van der Waals surface area contributed by atoms with Crippen molar-refractivity contribution >= 4 is 70.0 Å². The summed E-state index contributed by atoms with van der Waals surface area (Å²) in [6, 6.07) is 27.7. The molecule has 0 radical (unpaired) electrons. The van der Waals surface area contributed by atoms with E-state index in [-0.39, 0.29) is 0 Å². The molecule has 4 aromatic carbocycles. The van der Waals surface area contributed by atoms with Crippen LogP contribution in [0.25, 0.3) is 5.57 Å². The summed E-state index contributed by atoms with van der Waals surface area (Å²) in [5, 5.41) is 1.13. The number of aryl methyl sites for hydroxylation is 8. The predicted molar refractivity (Wildman–Crippen MR) is 219 cm³/mol. The van der Waals surface area contributed by atoms with Crippen molar-refractivity contribution in [2.24, 2.45) is 0 Å². The van der Waals surface area contributed by atoms with E-state index in [1.807, 2.05) is 38.1 Å². The van der Waals surface area contributed by atoms with Gasteiger partial charge >= 0.3 is 120 Å². The van der Waals surface area contributed by atoms with E-state index in [9.17, 15) is 0 Å². The standard InChI is InChI=1S/C21H26N2.C15H10.C7H10Cl2N2.2ClH.Ru/c1-14-9-16(3)20(17(4)10-14)22-7-8-23(13-22)21-18(5)11-15(2)12-19(21)6;1-2-6-12(7-3-1)15-11-10-13-8-4-5-9-14(13)15;1-3-10-5-11(4-2)7(9)6(10)8;;;/h9-12H,7-8H2,1-6H3;1-9,11H;3-4H2,1-2H3;2*1H;/q;;;;;+2/p-2. The normalized spacial score (nSPS) is 13.5. The zero-order chi connectivity index (χ0) is 37.7. The van der Waals surface area contributed by atoms with Gasteiger partial charge in [0.15, 0.2) is 0 Å². The number of benzene rings is 4. The molecule has 2 heterocycles. The fourth-order valence-corrected chi connectivity index (χ4v) is 10.0. The molecule has 0 fully saturated rings. The number of nitrogens with zero attached hydrogens (tertiary/aromatic N) is 4. The van der Waals surface area contributed by atoms with Crippen molar-refractivity contribution in [2.45, 2.75) is 68.5 Å². The van der Waals surface area contributed by atoms with E-state index in [0.717, 1.165) is 30.3 Å². The van der Waals surface area contributed by atoms with Gasteiger partial charge in [0.05, 0.1) is 23.4 Å². The van der Waals surface area contributed by atoms with Gasteiger partial charge in [-0.2, -0.15) is 0 Å². The van der Waals surface area contributed by atoms with Crippen molar-refractivity contribution in [3.8, 4) is 0 Å². The van der Waals surface area contributed by atoms with Gasteiger partial charge in [-0.3, -0.25) is 0 Å². The van der Waals surface area contributed by atoms with Crippen LogP contribution in [0, 0.1) is 47.9 Å². The Labute approximate surface area is 333 Å². The summed E-state index contributed by atoms with van der Waals surface area (Å²) >= 11 is 9.86. The van der Waals surface area contributed by atoms with Gasteiger partial charge in [-0.15, -0.1) is 23.2 Å². The van der Waals surface area contributed by atoms with Crippen LogP contribution in [0.1, 0.15) is 63.9 Å². The molecule has 1 aliphatic heterocycles. The Hall–Kier alpha value is -3.05. The monoisotopic (exact) mass is 860 g/mol. The summed E-state index contributed by atoms with van der Waals surface area (Å²) in [6.45, 7) is 20.7. The van der Waals surface area contributed by atoms with Crippen molar-refractivity contribution < 1.29 is 22.7 Å². The topological polar surface area (TPSA) is 15.1 Å². The molecule has 4 nitrogen and oxygen atoms in total. The number of allylic oxidation sites excluding steroid dienone is 1. The Morgan fingerprint density at radius 1 is 0.750 bits per heavy atom. The number of rotatable bonds is 5. The van der Waals surface area contributed by atoms with Crippen LogP contribution in [0.2, 0.25) is 10.3 Å². The first kappa shape index (κ1) is 40.1. The summed E-state index contributed by atoms with van der Waals surface area (Å²) in [6.07, 6.45) is 8.76. The fraction of sp³-hybridized carbons (Fsp3) is 0.279.